The molecule has 26 heavy (non-hydrogen) atoms. The maximum absolute atomic E-state index is 12.7. The molecule has 6 heteroatoms. The third-order valence-corrected chi connectivity index (χ3v) is 5.31. The molecule has 3 heterocycles. The molecule has 6 nitrogen and oxygen atoms in total. The fourth-order valence-corrected chi connectivity index (χ4v) is 3.95. The summed E-state index contributed by atoms with van der Waals surface area (Å²) in [7, 11) is 0. The standard InChI is InChI=1S/C20H24N4O2/c25-19(16-12-14-6-1-2-8-17(14)23-20(16)26)22-15-7-5-11-24(13-15)18-9-3-4-10-21-18/h3-4,9-10,12,15H,1-2,5-8,11,13H2,(H,22,25)(H,23,26)/t15-/m0/s1. The highest BCUT2D eigenvalue weighted by Crippen LogP contribution is 2.20. The number of aromatic nitrogens is 2. The molecule has 1 saturated heterocycles. The van der Waals surface area contributed by atoms with E-state index in [1.807, 2.05) is 18.2 Å². The Bertz CT molecular complexity index is 847. The molecule has 2 N–H and O–H groups in total. The summed E-state index contributed by atoms with van der Waals surface area (Å²) in [5.74, 6) is 0.658. The normalized spacial score (nSPS) is 19.7. The molecule has 0 bridgehead atoms. The number of piperidine rings is 1. The van der Waals surface area contributed by atoms with Gasteiger partial charge in [0.25, 0.3) is 11.5 Å². The van der Waals surface area contributed by atoms with Gasteiger partial charge in [-0.15, -0.1) is 0 Å². The molecule has 2 aromatic heterocycles. The topological polar surface area (TPSA) is 78.1 Å². The molecule has 1 fully saturated rings. The van der Waals surface area contributed by atoms with Gasteiger partial charge in [0.05, 0.1) is 0 Å². The molecule has 0 radical (unpaired) electrons. The predicted octanol–water partition coefficient (Wildman–Crippen LogP) is 2.05. The summed E-state index contributed by atoms with van der Waals surface area (Å²) >= 11 is 0. The first kappa shape index (κ1) is 16.8. The van der Waals surface area contributed by atoms with Crippen molar-refractivity contribution in [2.24, 2.45) is 0 Å². The molecule has 136 valence electrons. The summed E-state index contributed by atoms with van der Waals surface area (Å²) in [6.07, 6.45) is 7.73. The molecule has 1 aliphatic carbocycles. The SMILES string of the molecule is O=C(N[C@H]1CCCN(c2ccccn2)C1)c1cc2c([nH]c1=O)CCCC2. The first-order valence-electron chi connectivity index (χ1n) is 9.42. The Morgan fingerprint density at radius 1 is 1.23 bits per heavy atom. The van der Waals surface area contributed by atoms with Crippen molar-refractivity contribution in [3.8, 4) is 0 Å². The minimum Gasteiger partial charge on any atom is -0.355 e. The number of aromatic amines is 1. The van der Waals surface area contributed by atoms with Gasteiger partial charge in [-0.25, -0.2) is 4.98 Å². The van der Waals surface area contributed by atoms with E-state index in [4.69, 9.17) is 0 Å². The zero-order valence-corrected chi connectivity index (χ0v) is 14.8. The number of rotatable bonds is 3. The van der Waals surface area contributed by atoms with E-state index in [1.54, 1.807) is 12.3 Å². The monoisotopic (exact) mass is 352 g/mol. The van der Waals surface area contributed by atoms with Crippen molar-refractivity contribution in [2.75, 3.05) is 18.0 Å². The van der Waals surface area contributed by atoms with Gasteiger partial charge in [0.2, 0.25) is 0 Å². The van der Waals surface area contributed by atoms with Gasteiger partial charge in [-0.2, -0.15) is 0 Å². The molecule has 2 aromatic rings. The predicted molar refractivity (Wildman–Crippen MR) is 101 cm³/mol. The molecule has 4 rings (SSSR count). The minimum absolute atomic E-state index is 0.0219. The summed E-state index contributed by atoms with van der Waals surface area (Å²) in [6, 6.07) is 7.67. The summed E-state index contributed by atoms with van der Waals surface area (Å²) < 4.78 is 0. The number of carbonyl (C=O) groups is 1. The van der Waals surface area contributed by atoms with Crippen molar-refractivity contribution in [3.05, 3.63) is 57.6 Å². The smallest absolute Gasteiger partial charge is 0.261 e. The Kier molecular flexibility index (Phi) is 4.73. The number of pyridine rings is 2. The average Bonchev–Trinajstić information content (AvgIpc) is 2.68. The van der Waals surface area contributed by atoms with Crippen molar-refractivity contribution in [3.63, 3.8) is 0 Å². The molecule has 1 amide bonds. The zero-order valence-electron chi connectivity index (χ0n) is 14.8. The lowest BCUT2D eigenvalue weighted by molar-refractivity contribution is 0.0931. The van der Waals surface area contributed by atoms with E-state index in [-0.39, 0.29) is 23.1 Å². The van der Waals surface area contributed by atoms with Crippen LogP contribution < -0.4 is 15.8 Å². The molecule has 0 spiro atoms. The van der Waals surface area contributed by atoms with E-state index in [0.717, 1.165) is 62.1 Å². The molecular weight excluding hydrogens is 328 g/mol. The van der Waals surface area contributed by atoms with Crippen LogP contribution in [-0.2, 0) is 12.8 Å². The minimum atomic E-state index is -0.277. The highest BCUT2D eigenvalue weighted by Gasteiger charge is 2.24. The van der Waals surface area contributed by atoms with Gasteiger partial charge in [0.1, 0.15) is 11.4 Å². The van der Waals surface area contributed by atoms with E-state index < -0.39 is 0 Å². The maximum atomic E-state index is 12.7. The Morgan fingerprint density at radius 3 is 2.96 bits per heavy atom. The quantitative estimate of drug-likeness (QED) is 0.886. The Labute approximate surface area is 152 Å². The van der Waals surface area contributed by atoms with Gasteiger partial charge >= 0.3 is 0 Å². The van der Waals surface area contributed by atoms with Crippen LogP contribution in [0, 0.1) is 0 Å². The Balaban J connectivity index is 1.47. The van der Waals surface area contributed by atoms with Crippen molar-refractivity contribution in [1.29, 1.82) is 0 Å². The van der Waals surface area contributed by atoms with Gasteiger partial charge in [0.15, 0.2) is 0 Å². The number of amides is 1. The second-order valence-electron chi connectivity index (χ2n) is 7.17. The van der Waals surface area contributed by atoms with Crippen LogP contribution in [-0.4, -0.2) is 35.0 Å². The summed E-state index contributed by atoms with van der Waals surface area (Å²) in [5, 5.41) is 3.05. The summed E-state index contributed by atoms with van der Waals surface area (Å²) in [5.41, 5.74) is 2.07. The number of aryl methyl sites for hydroxylation is 2. The molecule has 0 unspecified atom stereocenters. The van der Waals surface area contributed by atoms with Gasteiger partial charge in [-0.3, -0.25) is 9.59 Å². The van der Waals surface area contributed by atoms with Crippen LogP contribution in [0.25, 0.3) is 0 Å². The number of nitrogens with zero attached hydrogens (tertiary/aromatic N) is 2. The molecular formula is C20H24N4O2. The average molecular weight is 352 g/mol. The zero-order chi connectivity index (χ0) is 17.9. The van der Waals surface area contributed by atoms with Crippen molar-refractivity contribution in [2.45, 2.75) is 44.6 Å². The van der Waals surface area contributed by atoms with E-state index >= 15 is 0 Å². The number of hydrogen-bond donors (Lipinski definition) is 2. The van der Waals surface area contributed by atoms with E-state index in [1.165, 1.54) is 0 Å². The van der Waals surface area contributed by atoms with E-state index in [2.05, 4.69) is 20.2 Å². The third-order valence-electron chi connectivity index (χ3n) is 5.31. The Hall–Kier alpha value is -2.63. The molecule has 1 atom stereocenters. The van der Waals surface area contributed by atoms with Crippen LogP contribution in [0.5, 0.6) is 0 Å². The molecule has 1 aliphatic heterocycles. The first-order chi connectivity index (χ1) is 12.7. The summed E-state index contributed by atoms with van der Waals surface area (Å²) in [6.45, 7) is 1.65. The lowest BCUT2D eigenvalue weighted by atomic mass is 9.95. The van der Waals surface area contributed by atoms with Gasteiger partial charge in [-0.1, -0.05) is 6.07 Å². The van der Waals surface area contributed by atoms with Crippen molar-refractivity contribution >= 4 is 11.7 Å². The van der Waals surface area contributed by atoms with Crippen LogP contribution in [0.1, 0.15) is 47.3 Å². The largest absolute Gasteiger partial charge is 0.355 e. The summed E-state index contributed by atoms with van der Waals surface area (Å²) in [4.78, 5) is 34.5. The number of carbonyl (C=O) groups excluding carboxylic acids is 1. The maximum Gasteiger partial charge on any atom is 0.261 e. The number of H-pyrrole nitrogens is 1. The second-order valence-corrected chi connectivity index (χ2v) is 7.17. The van der Waals surface area contributed by atoms with Gasteiger partial charge < -0.3 is 15.2 Å². The first-order valence-corrected chi connectivity index (χ1v) is 9.42. The number of fused-ring (bicyclic) bond motifs is 1. The lowest BCUT2D eigenvalue weighted by Crippen LogP contribution is -2.48. The van der Waals surface area contributed by atoms with Crippen molar-refractivity contribution in [1.82, 2.24) is 15.3 Å². The highest BCUT2D eigenvalue weighted by atomic mass is 16.2. The van der Waals surface area contributed by atoms with Crippen LogP contribution in [0.3, 0.4) is 0 Å². The third kappa shape index (κ3) is 3.49. The van der Waals surface area contributed by atoms with Crippen LogP contribution >= 0.6 is 0 Å². The van der Waals surface area contributed by atoms with Crippen molar-refractivity contribution < 1.29 is 4.79 Å². The Morgan fingerprint density at radius 2 is 2.12 bits per heavy atom. The fourth-order valence-electron chi connectivity index (χ4n) is 3.95. The van der Waals surface area contributed by atoms with E-state index in [9.17, 15) is 9.59 Å². The highest BCUT2D eigenvalue weighted by molar-refractivity contribution is 5.94. The number of hydrogen-bond acceptors (Lipinski definition) is 4. The van der Waals surface area contributed by atoms with Gasteiger partial charge in [-0.05, 0) is 62.3 Å². The second kappa shape index (κ2) is 7.32. The molecule has 2 aliphatic rings. The van der Waals surface area contributed by atoms with E-state index in [0.29, 0.717) is 6.54 Å². The van der Waals surface area contributed by atoms with Crippen LogP contribution in [0.15, 0.2) is 35.3 Å². The number of nitrogens with one attached hydrogen (secondary N) is 2. The molecule has 0 saturated carbocycles. The lowest BCUT2D eigenvalue weighted by Gasteiger charge is -2.34. The van der Waals surface area contributed by atoms with Crippen LogP contribution in [0.2, 0.25) is 0 Å². The van der Waals surface area contributed by atoms with Gasteiger partial charge in [0, 0.05) is 31.0 Å². The number of anilines is 1. The van der Waals surface area contributed by atoms with Crippen LogP contribution in [0.4, 0.5) is 5.82 Å². The molecule has 0 aromatic carbocycles. The fraction of sp³-hybridized carbons (Fsp3) is 0.450.